The maximum atomic E-state index is 5.51. The van der Waals surface area contributed by atoms with Crippen molar-refractivity contribution in [3.8, 4) is 0 Å². The topological polar surface area (TPSA) is 53.5 Å². The summed E-state index contributed by atoms with van der Waals surface area (Å²) in [6.07, 6.45) is 1.93. The van der Waals surface area contributed by atoms with Crippen molar-refractivity contribution in [3.63, 3.8) is 0 Å². The first-order chi connectivity index (χ1) is 13.9. The van der Waals surface area contributed by atoms with Crippen LogP contribution in [0.3, 0.4) is 0 Å². The van der Waals surface area contributed by atoms with E-state index in [1.54, 1.807) is 0 Å². The molecule has 0 unspecified atom stereocenters. The molecule has 1 saturated heterocycles. The number of aromatic nitrogens is 2. The van der Waals surface area contributed by atoms with Gasteiger partial charge in [-0.3, -0.25) is 0 Å². The monoisotopic (exact) mass is 395 g/mol. The van der Waals surface area contributed by atoms with Gasteiger partial charge in [-0.15, -0.1) is 0 Å². The van der Waals surface area contributed by atoms with Crippen LogP contribution in [0.25, 0.3) is 0 Å². The Morgan fingerprint density at radius 3 is 2.31 bits per heavy atom. The highest BCUT2D eigenvalue weighted by molar-refractivity contribution is 5.62. The van der Waals surface area contributed by atoms with Gasteiger partial charge in [0.05, 0.1) is 18.9 Å². The minimum atomic E-state index is 0.151. The third-order valence-corrected chi connectivity index (χ3v) is 5.86. The minimum absolute atomic E-state index is 0.151. The molecule has 0 bridgehead atoms. The van der Waals surface area contributed by atoms with Crippen LogP contribution in [0.5, 0.6) is 0 Å². The molecule has 2 aliphatic rings. The van der Waals surface area contributed by atoms with E-state index < -0.39 is 0 Å². The number of rotatable bonds is 3. The van der Waals surface area contributed by atoms with Gasteiger partial charge in [0.15, 0.2) is 0 Å². The van der Waals surface area contributed by atoms with Crippen LogP contribution in [0.4, 0.5) is 17.5 Å². The third kappa shape index (κ3) is 4.70. The lowest BCUT2D eigenvalue weighted by Crippen LogP contribution is -2.37. The zero-order chi connectivity index (χ0) is 20.4. The molecule has 6 nitrogen and oxygen atoms in total. The highest BCUT2D eigenvalue weighted by Gasteiger charge is 2.22. The molecule has 0 spiro atoms. The number of nitrogens with one attached hydrogen (secondary N) is 1. The fourth-order valence-corrected chi connectivity index (χ4v) is 3.90. The van der Waals surface area contributed by atoms with E-state index in [0.29, 0.717) is 0 Å². The Morgan fingerprint density at radius 1 is 0.931 bits per heavy atom. The molecule has 6 heteroatoms. The molecule has 0 aliphatic carbocycles. The molecular formula is C23H33N5O. The van der Waals surface area contributed by atoms with E-state index in [1.165, 1.54) is 16.8 Å². The second-order valence-electron chi connectivity index (χ2n) is 9.15. The fraction of sp³-hybridized carbons (Fsp3) is 0.565. The molecule has 156 valence electrons. The summed E-state index contributed by atoms with van der Waals surface area (Å²) in [5, 5.41) is 3.61. The molecule has 2 aromatic rings. The number of benzene rings is 1. The van der Waals surface area contributed by atoms with Gasteiger partial charge in [-0.05, 0) is 36.6 Å². The molecule has 1 fully saturated rings. The largest absolute Gasteiger partial charge is 0.378 e. The zero-order valence-corrected chi connectivity index (χ0v) is 18.2. The SMILES string of the molecule is CN1CCc2nc(N3CCOCC3)nc(Nc3ccc(C(C)(C)C)cc3)c2CC1. The molecule has 3 heterocycles. The Hall–Kier alpha value is -2.18. The molecule has 0 atom stereocenters. The summed E-state index contributed by atoms with van der Waals surface area (Å²) in [6.45, 7) is 12.0. The average molecular weight is 396 g/mol. The number of nitrogens with zero attached hydrogens (tertiary/aromatic N) is 4. The van der Waals surface area contributed by atoms with Crippen LogP contribution in [0, 0.1) is 0 Å². The van der Waals surface area contributed by atoms with E-state index in [0.717, 1.165) is 69.7 Å². The molecule has 0 amide bonds. The van der Waals surface area contributed by atoms with Crippen molar-refractivity contribution >= 4 is 17.5 Å². The lowest BCUT2D eigenvalue weighted by molar-refractivity contribution is 0.122. The number of morpholine rings is 1. The van der Waals surface area contributed by atoms with Crippen LogP contribution in [0.1, 0.15) is 37.6 Å². The Bertz CT molecular complexity index is 838. The second kappa shape index (κ2) is 8.28. The van der Waals surface area contributed by atoms with E-state index in [2.05, 4.69) is 67.2 Å². The van der Waals surface area contributed by atoms with Gasteiger partial charge in [-0.25, -0.2) is 4.98 Å². The zero-order valence-electron chi connectivity index (χ0n) is 18.2. The van der Waals surface area contributed by atoms with E-state index in [1.807, 2.05) is 0 Å². The van der Waals surface area contributed by atoms with Gasteiger partial charge in [-0.2, -0.15) is 4.98 Å². The number of anilines is 3. The summed E-state index contributed by atoms with van der Waals surface area (Å²) in [4.78, 5) is 14.6. The van der Waals surface area contributed by atoms with Gasteiger partial charge in [0, 0.05) is 43.9 Å². The van der Waals surface area contributed by atoms with E-state index in [4.69, 9.17) is 14.7 Å². The Kier molecular flexibility index (Phi) is 5.74. The first kappa shape index (κ1) is 20.1. The lowest BCUT2D eigenvalue weighted by Gasteiger charge is -2.28. The van der Waals surface area contributed by atoms with Crippen LogP contribution in [-0.4, -0.2) is 61.3 Å². The quantitative estimate of drug-likeness (QED) is 0.860. The van der Waals surface area contributed by atoms with Gasteiger partial charge >= 0.3 is 0 Å². The first-order valence-electron chi connectivity index (χ1n) is 10.7. The number of hydrogen-bond donors (Lipinski definition) is 1. The third-order valence-electron chi connectivity index (χ3n) is 5.86. The van der Waals surface area contributed by atoms with Crippen molar-refractivity contribution in [2.45, 2.75) is 39.0 Å². The van der Waals surface area contributed by atoms with Crippen molar-refractivity contribution < 1.29 is 4.74 Å². The molecule has 2 aliphatic heterocycles. The van der Waals surface area contributed by atoms with E-state index in [-0.39, 0.29) is 5.41 Å². The Balaban J connectivity index is 1.66. The normalized spacial score (nSPS) is 18.3. The van der Waals surface area contributed by atoms with Crippen LogP contribution in [0.15, 0.2) is 24.3 Å². The number of fused-ring (bicyclic) bond motifs is 1. The van der Waals surface area contributed by atoms with Crippen LogP contribution < -0.4 is 10.2 Å². The number of likely N-dealkylation sites (N-methyl/N-ethyl adjacent to an activating group) is 1. The summed E-state index contributed by atoms with van der Waals surface area (Å²) in [6, 6.07) is 8.73. The number of hydrogen-bond acceptors (Lipinski definition) is 6. The average Bonchev–Trinajstić information content (AvgIpc) is 2.90. The summed E-state index contributed by atoms with van der Waals surface area (Å²) in [7, 11) is 2.18. The van der Waals surface area contributed by atoms with Crippen molar-refractivity contribution in [2.75, 3.05) is 56.7 Å². The predicted molar refractivity (Wildman–Crippen MR) is 118 cm³/mol. The second-order valence-corrected chi connectivity index (χ2v) is 9.15. The summed E-state index contributed by atoms with van der Waals surface area (Å²) >= 11 is 0. The summed E-state index contributed by atoms with van der Waals surface area (Å²) in [5.74, 6) is 1.78. The molecule has 1 aromatic carbocycles. The summed E-state index contributed by atoms with van der Waals surface area (Å²) in [5.41, 5.74) is 4.99. The highest BCUT2D eigenvalue weighted by Crippen LogP contribution is 2.29. The van der Waals surface area contributed by atoms with Crippen molar-refractivity contribution in [2.24, 2.45) is 0 Å². The molecular weight excluding hydrogens is 362 g/mol. The number of ether oxygens (including phenoxy) is 1. The van der Waals surface area contributed by atoms with Gasteiger partial charge in [-0.1, -0.05) is 32.9 Å². The van der Waals surface area contributed by atoms with Crippen molar-refractivity contribution in [1.82, 2.24) is 14.9 Å². The van der Waals surface area contributed by atoms with E-state index in [9.17, 15) is 0 Å². The van der Waals surface area contributed by atoms with Gasteiger partial charge < -0.3 is 19.9 Å². The molecule has 0 saturated carbocycles. The van der Waals surface area contributed by atoms with E-state index >= 15 is 0 Å². The van der Waals surface area contributed by atoms with Gasteiger partial charge in [0.25, 0.3) is 0 Å². The van der Waals surface area contributed by atoms with Crippen molar-refractivity contribution in [3.05, 3.63) is 41.1 Å². The molecule has 4 rings (SSSR count). The first-order valence-corrected chi connectivity index (χ1v) is 10.7. The molecule has 29 heavy (non-hydrogen) atoms. The summed E-state index contributed by atoms with van der Waals surface area (Å²) < 4.78 is 5.51. The van der Waals surface area contributed by atoms with Crippen LogP contribution in [0.2, 0.25) is 0 Å². The highest BCUT2D eigenvalue weighted by atomic mass is 16.5. The standard InChI is InChI=1S/C23H33N5O/c1-23(2,3)17-5-7-18(8-6-17)24-21-19-9-11-27(4)12-10-20(19)25-22(26-21)28-13-15-29-16-14-28/h5-8H,9-16H2,1-4H3,(H,24,25,26). The molecule has 1 N–H and O–H groups in total. The van der Waals surface area contributed by atoms with Crippen molar-refractivity contribution in [1.29, 1.82) is 0 Å². The van der Waals surface area contributed by atoms with Gasteiger partial charge in [0.2, 0.25) is 5.95 Å². The van der Waals surface area contributed by atoms with Crippen LogP contribution >= 0.6 is 0 Å². The minimum Gasteiger partial charge on any atom is -0.378 e. The Morgan fingerprint density at radius 2 is 1.62 bits per heavy atom. The van der Waals surface area contributed by atoms with Gasteiger partial charge in [0.1, 0.15) is 5.82 Å². The smallest absolute Gasteiger partial charge is 0.227 e. The predicted octanol–water partition coefficient (Wildman–Crippen LogP) is 3.38. The lowest BCUT2D eigenvalue weighted by atomic mass is 9.87. The Labute approximate surface area is 174 Å². The molecule has 0 radical (unpaired) electrons. The van der Waals surface area contributed by atoms with Crippen LogP contribution in [-0.2, 0) is 23.0 Å². The molecule has 1 aromatic heterocycles. The maximum Gasteiger partial charge on any atom is 0.227 e. The maximum absolute atomic E-state index is 5.51. The fourth-order valence-electron chi connectivity index (χ4n) is 3.90.